The molecule has 1 aromatic heterocycles. The van der Waals surface area contributed by atoms with Crippen LogP contribution < -0.4 is 10.9 Å². The Hall–Kier alpha value is -2.08. The van der Waals surface area contributed by atoms with Crippen molar-refractivity contribution in [3.8, 4) is 0 Å². The molecule has 0 fully saturated rings. The first-order valence-electron chi connectivity index (χ1n) is 8.20. The van der Waals surface area contributed by atoms with Crippen LogP contribution in [0.2, 0.25) is 6.82 Å². The minimum absolute atomic E-state index is 0.00305. The molecular weight excluding hydrogens is 305 g/mol. The maximum atomic E-state index is 12.8. The van der Waals surface area contributed by atoms with Gasteiger partial charge in [0.05, 0.1) is 24.8 Å². The topological polar surface area (TPSA) is 68.5 Å². The molecule has 0 amide bonds. The van der Waals surface area contributed by atoms with Crippen LogP contribution in [0, 0.1) is 5.92 Å². The van der Waals surface area contributed by atoms with E-state index < -0.39 is 5.97 Å². The lowest BCUT2D eigenvalue weighted by atomic mass is 9.73. The molecule has 0 saturated carbocycles. The second-order valence-electron chi connectivity index (χ2n) is 6.06. The first-order valence-corrected chi connectivity index (χ1v) is 8.20. The van der Waals surface area contributed by atoms with Crippen molar-refractivity contribution in [3.05, 3.63) is 40.2 Å². The van der Waals surface area contributed by atoms with Gasteiger partial charge < -0.3 is 14.4 Å². The highest BCUT2D eigenvalue weighted by Crippen LogP contribution is 2.22. The number of esters is 1. The molecule has 1 radical (unpaired) electrons. The van der Waals surface area contributed by atoms with Crippen LogP contribution in [0.4, 0.5) is 0 Å². The molecule has 24 heavy (non-hydrogen) atoms. The average Bonchev–Trinajstić information content (AvgIpc) is 2.57. The zero-order chi connectivity index (χ0) is 17.9. The fraction of sp³-hybridized carbons (Fsp3) is 0.444. The van der Waals surface area contributed by atoms with Gasteiger partial charge in [-0.3, -0.25) is 4.79 Å². The summed E-state index contributed by atoms with van der Waals surface area (Å²) < 4.78 is 6.83. The summed E-state index contributed by atoms with van der Waals surface area (Å²) in [6.45, 7) is 7.68. The van der Waals surface area contributed by atoms with E-state index in [1.807, 2.05) is 44.6 Å². The number of pyridine rings is 1. The standard InChI is InChI=1S/C18H23BNO4/c1-5-24-18(23)14-9-20(16(10-21)11(2)3)15-7-6-12(19-4)8-13(15)17(14)22/h6-9,11,16,21H,5,10H2,1-4H3/t16-/m1/s1. The number of carbonyl (C=O) groups is 1. The van der Waals surface area contributed by atoms with Gasteiger partial charge in [-0.05, 0) is 18.9 Å². The number of aromatic nitrogens is 1. The summed E-state index contributed by atoms with van der Waals surface area (Å²) in [7, 11) is 1.90. The van der Waals surface area contributed by atoms with E-state index in [1.54, 1.807) is 13.0 Å². The number of hydrogen-bond acceptors (Lipinski definition) is 4. The Morgan fingerprint density at radius 3 is 2.62 bits per heavy atom. The number of aliphatic hydroxyl groups excluding tert-OH is 1. The Labute approximate surface area is 142 Å². The fourth-order valence-corrected chi connectivity index (χ4v) is 2.80. The highest BCUT2D eigenvalue weighted by molar-refractivity contribution is 6.52. The summed E-state index contributed by atoms with van der Waals surface area (Å²) in [6.07, 6.45) is 1.51. The summed E-state index contributed by atoms with van der Waals surface area (Å²) in [5.41, 5.74) is 1.25. The molecule has 5 nitrogen and oxygen atoms in total. The largest absolute Gasteiger partial charge is 0.462 e. The van der Waals surface area contributed by atoms with Crippen molar-refractivity contribution in [2.75, 3.05) is 13.2 Å². The highest BCUT2D eigenvalue weighted by Gasteiger charge is 2.22. The summed E-state index contributed by atoms with van der Waals surface area (Å²) in [5.74, 6) is -0.502. The zero-order valence-corrected chi connectivity index (χ0v) is 14.6. The third kappa shape index (κ3) is 3.38. The van der Waals surface area contributed by atoms with Crippen LogP contribution in [0.1, 0.15) is 37.2 Å². The van der Waals surface area contributed by atoms with Gasteiger partial charge in [-0.15, -0.1) is 0 Å². The van der Waals surface area contributed by atoms with Gasteiger partial charge in [-0.2, -0.15) is 0 Å². The number of fused-ring (bicyclic) bond motifs is 1. The Morgan fingerprint density at radius 1 is 1.38 bits per heavy atom. The Kier molecular flexibility index (Phi) is 5.83. The van der Waals surface area contributed by atoms with Crippen LogP contribution >= 0.6 is 0 Å². The number of hydrogen-bond donors (Lipinski definition) is 1. The fourth-order valence-electron chi connectivity index (χ4n) is 2.80. The van der Waals surface area contributed by atoms with E-state index in [0.29, 0.717) is 10.9 Å². The van der Waals surface area contributed by atoms with E-state index >= 15 is 0 Å². The lowest BCUT2D eigenvalue weighted by Crippen LogP contribution is -2.27. The van der Waals surface area contributed by atoms with Crippen molar-refractivity contribution in [3.63, 3.8) is 0 Å². The lowest BCUT2D eigenvalue weighted by molar-refractivity contribution is 0.0523. The molecule has 127 valence electrons. The SMILES string of the molecule is C[B]c1ccc2c(c1)c(=O)c(C(=O)OCC)cn2[C@H](CO)C(C)C. The number of aliphatic hydroxyl groups is 1. The van der Waals surface area contributed by atoms with Crippen molar-refractivity contribution in [2.24, 2.45) is 5.92 Å². The van der Waals surface area contributed by atoms with Gasteiger partial charge in [0.25, 0.3) is 0 Å². The zero-order valence-electron chi connectivity index (χ0n) is 14.6. The van der Waals surface area contributed by atoms with Gasteiger partial charge in [0.2, 0.25) is 5.43 Å². The first-order chi connectivity index (χ1) is 11.4. The van der Waals surface area contributed by atoms with Gasteiger partial charge in [0, 0.05) is 11.6 Å². The molecule has 0 aliphatic heterocycles. The van der Waals surface area contributed by atoms with Crippen LogP contribution in [-0.2, 0) is 4.74 Å². The molecule has 2 aromatic rings. The van der Waals surface area contributed by atoms with E-state index in [2.05, 4.69) is 0 Å². The molecule has 1 aromatic carbocycles. The normalized spacial score (nSPS) is 12.4. The van der Waals surface area contributed by atoms with Crippen LogP contribution in [0.15, 0.2) is 29.2 Å². The smallest absolute Gasteiger partial charge is 0.343 e. The van der Waals surface area contributed by atoms with Gasteiger partial charge in [0.15, 0.2) is 0 Å². The minimum atomic E-state index is -0.635. The van der Waals surface area contributed by atoms with E-state index in [4.69, 9.17) is 4.74 Å². The van der Waals surface area contributed by atoms with Crippen molar-refractivity contribution in [1.82, 2.24) is 4.57 Å². The minimum Gasteiger partial charge on any atom is -0.462 e. The summed E-state index contributed by atoms with van der Waals surface area (Å²) >= 11 is 0. The van der Waals surface area contributed by atoms with Crippen molar-refractivity contribution >= 4 is 29.6 Å². The highest BCUT2D eigenvalue weighted by atomic mass is 16.5. The molecule has 0 spiro atoms. The first kappa shape index (κ1) is 18.3. The van der Waals surface area contributed by atoms with Crippen molar-refractivity contribution in [2.45, 2.75) is 33.6 Å². The molecule has 6 heteroatoms. The number of ether oxygens (including phenoxy) is 1. The van der Waals surface area contributed by atoms with E-state index in [0.717, 1.165) is 5.46 Å². The molecule has 1 atom stereocenters. The number of nitrogens with zero attached hydrogens (tertiary/aromatic N) is 1. The third-order valence-corrected chi connectivity index (χ3v) is 4.20. The van der Waals surface area contributed by atoms with Gasteiger partial charge in [-0.1, -0.05) is 38.3 Å². The summed E-state index contributed by atoms with van der Waals surface area (Å²) in [5, 5.41) is 10.2. The Bertz CT molecular complexity index is 797. The second-order valence-corrected chi connectivity index (χ2v) is 6.06. The van der Waals surface area contributed by atoms with Crippen LogP contribution in [0.3, 0.4) is 0 Å². The Morgan fingerprint density at radius 2 is 2.08 bits per heavy atom. The third-order valence-electron chi connectivity index (χ3n) is 4.20. The molecule has 0 saturated heterocycles. The average molecular weight is 328 g/mol. The van der Waals surface area contributed by atoms with E-state index in [-0.39, 0.29) is 36.2 Å². The van der Waals surface area contributed by atoms with Gasteiger partial charge in [0.1, 0.15) is 12.8 Å². The van der Waals surface area contributed by atoms with Crippen molar-refractivity contribution in [1.29, 1.82) is 0 Å². The monoisotopic (exact) mass is 328 g/mol. The number of rotatable bonds is 6. The maximum Gasteiger partial charge on any atom is 0.343 e. The molecule has 1 N–H and O–H groups in total. The van der Waals surface area contributed by atoms with Crippen LogP contribution in [0.25, 0.3) is 10.9 Å². The molecule has 0 bridgehead atoms. The number of benzene rings is 1. The predicted molar refractivity (Wildman–Crippen MR) is 96.4 cm³/mol. The van der Waals surface area contributed by atoms with Gasteiger partial charge >= 0.3 is 5.97 Å². The second kappa shape index (κ2) is 7.66. The van der Waals surface area contributed by atoms with E-state index in [9.17, 15) is 14.7 Å². The van der Waals surface area contributed by atoms with Gasteiger partial charge in [-0.25, -0.2) is 4.79 Å². The van der Waals surface area contributed by atoms with Crippen molar-refractivity contribution < 1.29 is 14.6 Å². The quantitative estimate of drug-likeness (QED) is 0.648. The molecule has 0 unspecified atom stereocenters. The van der Waals surface area contributed by atoms with E-state index in [1.165, 1.54) is 6.20 Å². The molecule has 1 heterocycles. The van der Waals surface area contributed by atoms with Crippen LogP contribution in [0.5, 0.6) is 0 Å². The summed E-state index contributed by atoms with van der Waals surface area (Å²) in [6, 6.07) is 5.30. The molecule has 2 rings (SSSR count). The Balaban J connectivity index is 2.82. The molecule has 0 aliphatic carbocycles. The maximum absolute atomic E-state index is 12.8. The summed E-state index contributed by atoms with van der Waals surface area (Å²) in [4.78, 5) is 24.9. The molecular formula is C18H23BNO4. The number of carbonyl (C=O) groups excluding carboxylic acids is 1. The predicted octanol–water partition coefficient (Wildman–Crippen LogP) is 1.75. The lowest BCUT2D eigenvalue weighted by Gasteiger charge is -2.25. The molecule has 0 aliphatic rings. The van der Waals surface area contributed by atoms with Crippen LogP contribution in [-0.4, -0.2) is 36.1 Å².